The predicted octanol–water partition coefficient (Wildman–Crippen LogP) is 3.21. The number of nitrogen functional groups attached to an aromatic ring is 1. The summed E-state index contributed by atoms with van der Waals surface area (Å²) in [5.74, 6) is -0.389. The summed E-state index contributed by atoms with van der Waals surface area (Å²) in [5, 5.41) is 0. The van der Waals surface area contributed by atoms with E-state index in [0.717, 1.165) is 0 Å². The van der Waals surface area contributed by atoms with Gasteiger partial charge in [0.05, 0.1) is 0 Å². The first-order chi connectivity index (χ1) is 9.95. The third-order valence-electron chi connectivity index (χ3n) is 2.85. The molecule has 110 valence electrons. The fraction of sp³-hybridized carbons (Fsp3) is 0.133. The van der Waals surface area contributed by atoms with E-state index in [9.17, 15) is 9.18 Å². The quantitative estimate of drug-likeness (QED) is 0.859. The molecular formula is C15H14BrFN2O2. The maximum absolute atomic E-state index is 13.2. The van der Waals surface area contributed by atoms with Gasteiger partial charge >= 0.3 is 0 Å². The van der Waals surface area contributed by atoms with Crippen molar-refractivity contribution in [2.45, 2.75) is 0 Å². The third kappa shape index (κ3) is 4.19. The van der Waals surface area contributed by atoms with Crippen molar-refractivity contribution < 1.29 is 13.9 Å². The van der Waals surface area contributed by atoms with Crippen LogP contribution in [0.5, 0.6) is 5.75 Å². The molecule has 2 aromatic rings. The number of hydrogen-bond donors (Lipinski definition) is 1. The van der Waals surface area contributed by atoms with E-state index in [1.54, 1.807) is 37.4 Å². The second-order valence-corrected chi connectivity index (χ2v) is 5.35. The van der Waals surface area contributed by atoms with E-state index in [2.05, 4.69) is 15.9 Å². The molecule has 1 amide bonds. The first-order valence-electron chi connectivity index (χ1n) is 6.16. The van der Waals surface area contributed by atoms with E-state index >= 15 is 0 Å². The van der Waals surface area contributed by atoms with Gasteiger partial charge in [-0.05, 0) is 36.4 Å². The van der Waals surface area contributed by atoms with Crippen LogP contribution >= 0.6 is 15.9 Å². The molecule has 0 bridgehead atoms. The number of hydrogen-bond acceptors (Lipinski definition) is 3. The average Bonchev–Trinajstić information content (AvgIpc) is 2.44. The Bertz CT molecular complexity index is 626. The van der Waals surface area contributed by atoms with Crippen LogP contribution in [-0.4, -0.2) is 19.6 Å². The molecule has 0 unspecified atom stereocenters. The minimum atomic E-state index is -0.432. The van der Waals surface area contributed by atoms with Crippen molar-refractivity contribution in [1.29, 1.82) is 0 Å². The Kier molecular flexibility index (Phi) is 4.80. The van der Waals surface area contributed by atoms with Gasteiger partial charge in [0.1, 0.15) is 11.6 Å². The zero-order valence-electron chi connectivity index (χ0n) is 11.3. The molecular weight excluding hydrogens is 339 g/mol. The molecule has 2 rings (SSSR count). The molecule has 0 atom stereocenters. The van der Waals surface area contributed by atoms with Gasteiger partial charge in [0.2, 0.25) is 0 Å². The highest BCUT2D eigenvalue weighted by molar-refractivity contribution is 9.10. The van der Waals surface area contributed by atoms with Crippen LogP contribution in [0.1, 0.15) is 0 Å². The van der Waals surface area contributed by atoms with E-state index in [4.69, 9.17) is 10.5 Å². The summed E-state index contributed by atoms with van der Waals surface area (Å²) in [6.07, 6.45) is 0. The van der Waals surface area contributed by atoms with Gasteiger partial charge in [-0.15, -0.1) is 0 Å². The highest BCUT2D eigenvalue weighted by Crippen LogP contribution is 2.21. The first kappa shape index (κ1) is 15.3. The molecule has 0 heterocycles. The molecule has 0 aliphatic carbocycles. The Labute approximate surface area is 130 Å². The maximum atomic E-state index is 13.2. The van der Waals surface area contributed by atoms with Crippen LogP contribution in [0, 0.1) is 5.82 Å². The number of ether oxygens (including phenoxy) is 1. The van der Waals surface area contributed by atoms with Crippen molar-refractivity contribution in [2.75, 3.05) is 24.3 Å². The molecule has 0 saturated carbocycles. The lowest BCUT2D eigenvalue weighted by molar-refractivity contribution is -0.120. The van der Waals surface area contributed by atoms with Crippen LogP contribution in [0.2, 0.25) is 0 Å². The van der Waals surface area contributed by atoms with Gasteiger partial charge in [-0.3, -0.25) is 4.79 Å². The second-order valence-electron chi connectivity index (χ2n) is 4.44. The van der Waals surface area contributed by atoms with E-state index in [1.165, 1.54) is 17.0 Å². The van der Waals surface area contributed by atoms with Gasteiger partial charge in [-0.25, -0.2) is 4.39 Å². The summed E-state index contributed by atoms with van der Waals surface area (Å²) in [6.45, 7) is -0.184. The van der Waals surface area contributed by atoms with Crippen molar-refractivity contribution in [3.63, 3.8) is 0 Å². The van der Waals surface area contributed by atoms with Crippen LogP contribution < -0.4 is 15.4 Å². The predicted molar refractivity (Wildman–Crippen MR) is 83.9 cm³/mol. The van der Waals surface area contributed by atoms with E-state index in [0.29, 0.717) is 21.6 Å². The molecule has 0 saturated heterocycles. The molecule has 0 fully saturated rings. The van der Waals surface area contributed by atoms with Crippen LogP contribution in [0.4, 0.5) is 15.8 Å². The number of benzene rings is 2. The summed E-state index contributed by atoms with van der Waals surface area (Å²) < 4.78 is 19.1. The number of carbonyl (C=O) groups excluding carboxylic acids is 1. The second kappa shape index (κ2) is 6.58. The molecule has 4 nitrogen and oxygen atoms in total. The minimum Gasteiger partial charge on any atom is -0.484 e. The lowest BCUT2D eigenvalue weighted by Gasteiger charge is -2.17. The van der Waals surface area contributed by atoms with Gasteiger partial charge in [-0.1, -0.05) is 15.9 Å². The molecule has 2 N–H and O–H groups in total. The topological polar surface area (TPSA) is 55.6 Å². The Hall–Kier alpha value is -2.08. The SMILES string of the molecule is CN(C(=O)COc1cc(F)cc(Br)c1)c1ccc(N)cc1. The molecule has 0 spiro atoms. The number of nitrogens with zero attached hydrogens (tertiary/aromatic N) is 1. The summed E-state index contributed by atoms with van der Waals surface area (Å²) in [4.78, 5) is 13.5. The first-order valence-corrected chi connectivity index (χ1v) is 6.96. The number of carbonyl (C=O) groups is 1. The lowest BCUT2D eigenvalue weighted by atomic mass is 10.2. The van der Waals surface area contributed by atoms with Crippen molar-refractivity contribution >= 4 is 33.2 Å². The van der Waals surface area contributed by atoms with Crippen molar-refractivity contribution in [3.8, 4) is 5.75 Å². The fourth-order valence-corrected chi connectivity index (χ4v) is 2.14. The van der Waals surface area contributed by atoms with Gasteiger partial charge in [0.25, 0.3) is 5.91 Å². The number of anilines is 2. The molecule has 2 aromatic carbocycles. The number of nitrogens with two attached hydrogens (primary N) is 1. The maximum Gasteiger partial charge on any atom is 0.264 e. The molecule has 0 aliphatic heterocycles. The molecule has 0 aromatic heterocycles. The van der Waals surface area contributed by atoms with E-state index in [1.807, 2.05) is 0 Å². The van der Waals surface area contributed by atoms with Crippen LogP contribution in [0.25, 0.3) is 0 Å². The Balaban J connectivity index is 1.99. The molecule has 6 heteroatoms. The smallest absolute Gasteiger partial charge is 0.264 e. The summed E-state index contributed by atoms with van der Waals surface area (Å²) in [6, 6.07) is 11.0. The Morgan fingerprint density at radius 3 is 2.57 bits per heavy atom. The highest BCUT2D eigenvalue weighted by atomic mass is 79.9. The monoisotopic (exact) mass is 352 g/mol. The normalized spacial score (nSPS) is 10.2. The third-order valence-corrected chi connectivity index (χ3v) is 3.31. The molecule has 0 radical (unpaired) electrons. The molecule has 21 heavy (non-hydrogen) atoms. The Morgan fingerprint density at radius 1 is 1.29 bits per heavy atom. The summed E-state index contributed by atoms with van der Waals surface area (Å²) >= 11 is 3.17. The van der Waals surface area contributed by atoms with Crippen LogP contribution in [0.3, 0.4) is 0 Å². The average molecular weight is 353 g/mol. The van der Waals surface area contributed by atoms with Crippen LogP contribution in [-0.2, 0) is 4.79 Å². The van der Waals surface area contributed by atoms with Gasteiger partial charge in [0, 0.05) is 29.0 Å². The Morgan fingerprint density at radius 2 is 1.95 bits per heavy atom. The van der Waals surface area contributed by atoms with E-state index < -0.39 is 5.82 Å². The summed E-state index contributed by atoms with van der Waals surface area (Å²) in [7, 11) is 1.64. The number of amides is 1. The fourth-order valence-electron chi connectivity index (χ4n) is 1.70. The number of rotatable bonds is 4. The molecule has 0 aliphatic rings. The van der Waals surface area contributed by atoms with Crippen LogP contribution in [0.15, 0.2) is 46.9 Å². The zero-order chi connectivity index (χ0) is 15.4. The van der Waals surface area contributed by atoms with E-state index in [-0.39, 0.29) is 12.5 Å². The van der Waals surface area contributed by atoms with Gasteiger partial charge < -0.3 is 15.4 Å². The zero-order valence-corrected chi connectivity index (χ0v) is 12.9. The van der Waals surface area contributed by atoms with Gasteiger partial charge in [-0.2, -0.15) is 0 Å². The van der Waals surface area contributed by atoms with Crippen molar-refractivity contribution in [3.05, 3.63) is 52.8 Å². The van der Waals surface area contributed by atoms with Gasteiger partial charge in [0.15, 0.2) is 6.61 Å². The highest BCUT2D eigenvalue weighted by Gasteiger charge is 2.12. The van der Waals surface area contributed by atoms with Crippen molar-refractivity contribution in [2.24, 2.45) is 0 Å². The minimum absolute atomic E-state index is 0.184. The standard InChI is InChI=1S/C15H14BrFN2O2/c1-19(13-4-2-12(18)3-5-13)15(20)9-21-14-7-10(16)6-11(17)8-14/h2-8H,9,18H2,1H3. The number of likely N-dealkylation sites (N-methyl/N-ethyl adjacent to an activating group) is 1. The largest absolute Gasteiger partial charge is 0.484 e. The lowest BCUT2D eigenvalue weighted by Crippen LogP contribution is -2.31. The summed E-state index contributed by atoms with van der Waals surface area (Å²) in [5.41, 5.74) is 6.93. The number of halogens is 2. The van der Waals surface area contributed by atoms with Crippen molar-refractivity contribution in [1.82, 2.24) is 0 Å².